The molecule has 0 N–H and O–H groups in total. The van der Waals surface area contributed by atoms with Crippen molar-refractivity contribution in [1.82, 2.24) is 4.98 Å². The maximum atomic E-state index is 12.2. The Morgan fingerprint density at radius 3 is 2.74 bits per heavy atom. The van der Waals surface area contributed by atoms with Crippen molar-refractivity contribution in [3.8, 4) is 0 Å². The second-order valence-corrected chi connectivity index (χ2v) is 5.89. The summed E-state index contributed by atoms with van der Waals surface area (Å²) in [4.78, 5) is 16.2. The average Bonchev–Trinajstić information content (AvgIpc) is 2.39. The van der Waals surface area contributed by atoms with Crippen molar-refractivity contribution in [3.05, 3.63) is 29.6 Å². The Hall–Kier alpha value is -1.38. The molecule has 1 saturated carbocycles. The summed E-state index contributed by atoms with van der Waals surface area (Å²) < 4.78 is 5.73. The summed E-state index contributed by atoms with van der Waals surface area (Å²) in [6.45, 7) is 6.36. The van der Waals surface area contributed by atoms with E-state index in [1.54, 1.807) is 12.4 Å². The summed E-state index contributed by atoms with van der Waals surface area (Å²) in [6.07, 6.45) is 7.98. The molecule has 1 aliphatic carbocycles. The third kappa shape index (κ3) is 3.55. The third-order valence-electron chi connectivity index (χ3n) is 3.98. The summed E-state index contributed by atoms with van der Waals surface area (Å²) in [5.74, 6) is 0.831. The van der Waals surface area contributed by atoms with Crippen LogP contribution in [0.5, 0.6) is 0 Å². The maximum Gasteiger partial charge on any atom is 0.339 e. The Kier molecular flexibility index (Phi) is 4.56. The summed E-state index contributed by atoms with van der Waals surface area (Å²) in [5.41, 5.74) is 1.55. The van der Waals surface area contributed by atoms with Gasteiger partial charge in [0.05, 0.1) is 5.56 Å². The van der Waals surface area contributed by atoms with Crippen molar-refractivity contribution in [3.63, 3.8) is 0 Å². The molecule has 2 unspecified atom stereocenters. The second kappa shape index (κ2) is 6.18. The van der Waals surface area contributed by atoms with E-state index in [0.717, 1.165) is 18.4 Å². The van der Waals surface area contributed by atoms with Crippen LogP contribution in [0.1, 0.15) is 55.5 Å². The zero-order chi connectivity index (χ0) is 13.8. The first-order chi connectivity index (χ1) is 9.08. The van der Waals surface area contributed by atoms with Gasteiger partial charge in [-0.05, 0) is 49.7 Å². The molecule has 0 amide bonds. The molecular weight excluding hydrogens is 238 g/mol. The minimum atomic E-state index is -0.228. The van der Waals surface area contributed by atoms with Crippen molar-refractivity contribution in [1.29, 1.82) is 0 Å². The number of aryl methyl sites for hydroxylation is 1. The van der Waals surface area contributed by atoms with Gasteiger partial charge >= 0.3 is 5.97 Å². The largest absolute Gasteiger partial charge is 0.458 e. The molecule has 0 aliphatic heterocycles. The minimum Gasteiger partial charge on any atom is -0.458 e. The minimum absolute atomic E-state index is 0.0711. The molecule has 104 valence electrons. The van der Waals surface area contributed by atoms with E-state index in [9.17, 15) is 4.79 Å². The molecule has 1 heterocycles. The SMILES string of the molecule is Cc1cncc(C(=O)OC2CCCCC2C(C)C)c1. The van der Waals surface area contributed by atoms with Crippen LogP contribution in [-0.2, 0) is 4.74 Å². The number of pyridine rings is 1. The quantitative estimate of drug-likeness (QED) is 0.778. The van der Waals surface area contributed by atoms with Gasteiger partial charge in [-0.1, -0.05) is 20.3 Å². The van der Waals surface area contributed by atoms with Gasteiger partial charge in [0.2, 0.25) is 0 Å². The normalized spacial score (nSPS) is 23.4. The first kappa shape index (κ1) is 14.0. The van der Waals surface area contributed by atoms with Crippen molar-refractivity contribution in [2.24, 2.45) is 11.8 Å². The van der Waals surface area contributed by atoms with E-state index >= 15 is 0 Å². The second-order valence-electron chi connectivity index (χ2n) is 5.89. The fraction of sp³-hybridized carbons (Fsp3) is 0.625. The Morgan fingerprint density at radius 2 is 2.05 bits per heavy atom. The first-order valence-electron chi connectivity index (χ1n) is 7.20. The first-order valence-corrected chi connectivity index (χ1v) is 7.20. The number of rotatable bonds is 3. The van der Waals surface area contributed by atoms with Crippen LogP contribution in [0.3, 0.4) is 0 Å². The van der Waals surface area contributed by atoms with E-state index in [4.69, 9.17) is 4.74 Å². The molecule has 0 aromatic carbocycles. The monoisotopic (exact) mass is 261 g/mol. The molecule has 1 aromatic rings. The number of hydrogen-bond acceptors (Lipinski definition) is 3. The van der Waals surface area contributed by atoms with E-state index in [1.807, 2.05) is 13.0 Å². The van der Waals surface area contributed by atoms with Crippen LogP contribution in [-0.4, -0.2) is 17.1 Å². The zero-order valence-corrected chi connectivity index (χ0v) is 12.1. The molecule has 2 rings (SSSR count). The van der Waals surface area contributed by atoms with Crippen LogP contribution in [0.25, 0.3) is 0 Å². The molecule has 1 aliphatic rings. The maximum absolute atomic E-state index is 12.2. The Balaban J connectivity index is 2.04. The highest BCUT2D eigenvalue weighted by molar-refractivity contribution is 5.89. The summed E-state index contributed by atoms with van der Waals surface area (Å²) in [7, 11) is 0. The van der Waals surface area contributed by atoms with Gasteiger partial charge in [0, 0.05) is 12.4 Å². The van der Waals surface area contributed by atoms with Gasteiger partial charge in [0.1, 0.15) is 6.10 Å². The average molecular weight is 261 g/mol. The number of carbonyl (C=O) groups excluding carboxylic acids is 1. The Bertz CT molecular complexity index is 442. The molecule has 0 spiro atoms. The molecule has 3 heteroatoms. The Labute approximate surface area is 115 Å². The molecule has 0 radical (unpaired) electrons. The van der Waals surface area contributed by atoms with Crippen molar-refractivity contribution in [2.75, 3.05) is 0 Å². The molecule has 0 bridgehead atoms. The Morgan fingerprint density at radius 1 is 1.32 bits per heavy atom. The fourth-order valence-corrected chi connectivity index (χ4v) is 2.91. The topological polar surface area (TPSA) is 39.2 Å². The standard InChI is InChI=1S/C16H23NO2/c1-11(2)14-6-4-5-7-15(14)19-16(18)13-8-12(3)9-17-10-13/h8-11,14-15H,4-7H2,1-3H3. The van der Waals surface area contributed by atoms with E-state index in [1.165, 1.54) is 12.8 Å². The highest BCUT2D eigenvalue weighted by atomic mass is 16.5. The van der Waals surface area contributed by atoms with Crippen LogP contribution < -0.4 is 0 Å². The third-order valence-corrected chi connectivity index (χ3v) is 3.98. The molecule has 1 aromatic heterocycles. The fourth-order valence-electron chi connectivity index (χ4n) is 2.91. The van der Waals surface area contributed by atoms with E-state index in [0.29, 0.717) is 17.4 Å². The lowest BCUT2D eigenvalue weighted by molar-refractivity contribution is -0.00832. The summed E-state index contributed by atoms with van der Waals surface area (Å²) in [5, 5.41) is 0. The van der Waals surface area contributed by atoms with Crippen molar-refractivity contribution >= 4 is 5.97 Å². The van der Waals surface area contributed by atoms with E-state index in [2.05, 4.69) is 18.8 Å². The lowest BCUT2D eigenvalue weighted by Crippen LogP contribution is -2.33. The lowest BCUT2D eigenvalue weighted by atomic mass is 9.79. The van der Waals surface area contributed by atoms with Crippen LogP contribution in [0.2, 0.25) is 0 Å². The number of carbonyl (C=O) groups is 1. The molecule has 0 saturated heterocycles. The highest BCUT2D eigenvalue weighted by Crippen LogP contribution is 2.32. The summed E-state index contributed by atoms with van der Waals surface area (Å²) in [6, 6.07) is 1.84. The number of aromatic nitrogens is 1. The van der Waals surface area contributed by atoms with E-state index in [-0.39, 0.29) is 12.1 Å². The van der Waals surface area contributed by atoms with Gasteiger partial charge in [0.15, 0.2) is 0 Å². The number of ether oxygens (including phenoxy) is 1. The van der Waals surface area contributed by atoms with Gasteiger partial charge in [-0.3, -0.25) is 4.98 Å². The van der Waals surface area contributed by atoms with Crippen LogP contribution in [0, 0.1) is 18.8 Å². The zero-order valence-electron chi connectivity index (χ0n) is 12.1. The predicted octanol–water partition coefficient (Wildman–Crippen LogP) is 3.76. The van der Waals surface area contributed by atoms with Crippen LogP contribution in [0.15, 0.2) is 18.5 Å². The van der Waals surface area contributed by atoms with Crippen molar-refractivity contribution in [2.45, 2.75) is 52.6 Å². The smallest absolute Gasteiger partial charge is 0.339 e. The molecular formula is C16H23NO2. The van der Waals surface area contributed by atoms with Gasteiger partial charge in [-0.25, -0.2) is 4.79 Å². The highest BCUT2D eigenvalue weighted by Gasteiger charge is 2.30. The molecule has 1 fully saturated rings. The number of esters is 1. The summed E-state index contributed by atoms with van der Waals surface area (Å²) >= 11 is 0. The number of nitrogens with zero attached hydrogens (tertiary/aromatic N) is 1. The molecule has 2 atom stereocenters. The van der Waals surface area contributed by atoms with E-state index < -0.39 is 0 Å². The van der Waals surface area contributed by atoms with Gasteiger partial charge in [-0.2, -0.15) is 0 Å². The lowest BCUT2D eigenvalue weighted by Gasteiger charge is -2.33. The van der Waals surface area contributed by atoms with Gasteiger partial charge < -0.3 is 4.74 Å². The van der Waals surface area contributed by atoms with Gasteiger partial charge in [-0.15, -0.1) is 0 Å². The number of hydrogen-bond donors (Lipinski definition) is 0. The van der Waals surface area contributed by atoms with Crippen LogP contribution in [0.4, 0.5) is 0 Å². The molecule has 19 heavy (non-hydrogen) atoms. The predicted molar refractivity (Wildman–Crippen MR) is 75.0 cm³/mol. The van der Waals surface area contributed by atoms with Gasteiger partial charge in [0.25, 0.3) is 0 Å². The van der Waals surface area contributed by atoms with Crippen LogP contribution >= 0.6 is 0 Å². The molecule has 3 nitrogen and oxygen atoms in total. The van der Waals surface area contributed by atoms with Crippen molar-refractivity contribution < 1.29 is 9.53 Å².